The summed E-state index contributed by atoms with van der Waals surface area (Å²) >= 11 is 0. The molecule has 2 rings (SSSR count). The Hall–Kier alpha value is -1.42. The number of amides is 1. The normalized spacial score (nSPS) is 23.7. The number of aryl methyl sites for hydroxylation is 1. The van der Waals surface area contributed by atoms with Gasteiger partial charge in [-0.1, -0.05) is 6.07 Å². The lowest BCUT2D eigenvalue weighted by atomic mass is 9.85. The molecular formula is C14H19FN2O. The number of likely N-dealkylation sites (N-methyl/N-ethyl adjacent to an activating group) is 1. The first-order valence-electron chi connectivity index (χ1n) is 6.32. The van der Waals surface area contributed by atoms with Gasteiger partial charge in [0.15, 0.2) is 0 Å². The van der Waals surface area contributed by atoms with Crippen LogP contribution in [0.1, 0.15) is 29.9 Å². The van der Waals surface area contributed by atoms with Crippen molar-refractivity contribution in [3.05, 3.63) is 35.1 Å². The molecule has 4 heteroatoms. The van der Waals surface area contributed by atoms with Gasteiger partial charge in [-0.3, -0.25) is 4.79 Å². The van der Waals surface area contributed by atoms with Crippen LogP contribution in [0, 0.1) is 12.7 Å². The molecule has 0 spiro atoms. The van der Waals surface area contributed by atoms with Gasteiger partial charge in [0.05, 0.1) is 6.04 Å². The van der Waals surface area contributed by atoms with E-state index in [4.69, 9.17) is 0 Å². The minimum atomic E-state index is -0.194. The van der Waals surface area contributed by atoms with Gasteiger partial charge < -0.3 is 10.6 Å². The summed E-state index contributed by atoms with van der Waals surface area (Å²) in [4.78, 5) is 11.6. The van der Waals surface area contributed by atoms with Gasteiger partial charge in [0.1, 0.15) is 5.82 Å². The number of hydrogen-bond donors (Lipinski definition) is 2. The molecule has 3 nitrogen and oxygen atoms in total. The van der Waals surface area contributed by atoms with Crippen LogP contribution in [0.3, 0.4) is 0 Å². The molecule has 2 atom stereocenters. The van der Waals surface area contributed by atoms with Crippen LogP contribution in [0.5, 0.6) is 0 Å². The molecule has 1 aliphatic rings. The molecule has 0 saturated carbocycles. The molecule has 1 saturated heterocycles. The Bertz CT molecular complexity index is 427. The second kappa shape index (κ2) is 5.48. The smallest absolute Gasteiger partial charge is 0.236 e. The molecule has 0 aromatic heterocycles. The van der Waals surface area contributed by atoms with Crippen molar-refractivity contribution < 1.29 is 9.18 Å². The Balaban J connectivity index is 2.15. The van der Waals surface area contributed by atoms with Crippen LogP contribution in [-0.2, 0) is 4.79 Å². The van der Waals surface area contributed by atoms with Crippen molar-refractivity contribution in [3.8, 4) is 0 Å². The van der Waals surface area contributed by atoms with Crippen molar-refractivity contribution in [2.24, 2.45) is 0 Å². The third-order valence-electron chi connectivity index (χ3n) is 3.50. The minimum Gasteiger partial charge on any atom is -0.358 e. The SMILES string of the molecule is CNC(=O)C1CC(c2cc(C)cc(F)c2)CCN1. The third kappa shape index (κ3) is 2.88. The molecule has 98 valence electrons. The number of benzene rings is 1. The molecule has 0 aliphatic carbocycles. The highest BCUT2D eigenvalue weighted by Gasteiger charge is 2.27. The highest BCUT2D eigenvalue weighted by molar-refractivity contribution is 5.81. The van der Waals surface area contributed by atoms with Crippen molar-refractivity contribution in [1.82, 2.24) is 10.6 Å². The molecule has 1 amide bonds. The topological polar surface area (TPSA) is 41.1 Å². The number of nitrogens with one attached hydrogen (secondary N) is 2. The van der Waals surface area contributed by atoms with E-state index in [1.807, 2.05) is 13.0 Å². The molecule has 1 fully saturated rings. The van der Waals surface area contributed by atoms with E-state index in [2.05, 4.69) is 10.6 Å². The Labute approximate surface area is 107 Å². The van der Waals surface area contributed by atoms with Crippen LogP contribution >= 0.6 is 0 Å². The first kappa shape index (κ1) is 13.0. The fourth-order valence-electron chi connectivity index (χ4n) is 2.59. The zero-order valence-electron chi connectivity index (χ0n) is 10.8. The summed E-state index contributed by atoms with van der Waals surface area (Å²) in [6.45, 7) is 2.68. The monoisotopic (exact) mass is 250 g/mol. The summed E-state index contributed by atoms with van der Waals surface area (Å²) < 4.78 is 13.4. The van der Waals surface area contributed by atoms with Crippen LogP contribution in [-0.4, -0.2) is 25.5 Å². The summed E-state index contributed by atoms with van der Waals surface area (Å²) in [7, 11) is 1.64. The van der Waals surface area contributed by atoms with Crippen LogP contribution < -0.4 is 10.6 Å². The Kier molecular flexibility index (Phi) is 3.97. The van der Waals surface area contributed by atoms with Gasteiger partial charge in [0.25, 0.3) is 0 Å². The van der Waals surface area contributed by atoms with E-state index < -0.39 is 0 Å². The molecule has 1 aliphatic heterocycles. The van der Waals surface area contributed by atoms with Crippen molar-refractivity contribution in [3.63, 3.8) is 0 Å². The summed E-state index contributed by atoms with van der Waals surface area (Å²) in [5.74, 6) is 0.0656. The lowest BCUT2D eigenvalue weighted by molar-refractivity contribution is -0.123. The maximum absolute atomic E-state index is 13.4. The van der Waals surface area contributed by atoms with Gasteiger partial charge in [-0.2, -0.15) is 0 Å². The van der Waals surface area contributed by atoms with Crippen molar-refractivity contribution in [2.45, 2.75) is 31.7 Å². The van der Waals surface area contributed by atoms with E-state index in [9.17, 15) is 9.18 Å². The molecular weight excluding hydrogens is 231 g/mol. The molecule has 2 N–H and O–H groups in total. The number of halogens is 1. The maximum Gasteiger partial charge on any atom is 0.236 e. The van der Waals surface area contributed by atoms with Crippen LogP contribution in [0.2, 0.25) is 0 Å². The largest absolute Gasteiger partial charge is 0.358 e. The molecule has 1 heterocycles. The van der Waals surface area contributed by atoms with Crippen molar-refractivity contribution in [1.29, 1.82) is 0 Å². The maximum atomic E-state index is 13.4. The summed E-state index contributed by atoms with van der Waals surface area (Å²) in [5.41, 5.74) is 1.93. The average molecular weight is 250 g/mol. The summed E-state index contributed by atoms with van der Waals surface area (Å²) in [5, 5.41) is 5.85. The second-order valence-electron chi connectivity index (χ2n) is 4.90. The van der Waals surface area contributed by atoms with Gasteiger partial charge in [0.2, 0.25) is 5.91 Å². The van der Waals surface area contributed by atoms with E-state index in [0.29, 0.717) is 0 Å². The molecule has 18 heavy (non-hydrogen) atoms. The lowest BCUT2D eigenvalue weighted by Crippen LogP contribution is -2.47. The quantitative estimate of drug-likeness (QED) is 0.839. The highest BCUT2D eigenvalue weighted by Crippen LogP contribution is 2.29. The van der Waals surface area contributed by atoms with Gasteiger partial charge >= 0.3 is 0 Å². The van der Waals surface area contributed by atoms with Gasteiger partial charge in [-0.15, -0.1) is 0 Å². The molecule has 2 unspecified atom stereocenters. The van der Waals surface area contributed by atoms with E-state index >= 15 is 0 Å². The van der Waals surface area contributed by atoms with E-state index in [0.717, 1.165) is 30.5 Å². The van der Waals surface area contributed by atoms with Crippen molar-refractivity contribution in [2.75, 3.05) is 13.6 Å². The van der Waals surface area contributed by atoms with E-state index in [1.165, 1.54) is 6.07 Å². The Morgan fingerprint density at radius 3 is 2.89 bits per heavy atom. The summed E-state index contributed by atoms with van der Waals surface area (Å²) in [6, 6.07) is 4.96. The predicted octanol–water partition coefficient (Wildman–Crippen LogP) is 1.72. The molecule has 0 radical (unpaired) electrons. The lowest BCUT2D eigenvalue weighted by Gasteiger charge is -2.29. The first-order valence-corrected chi connectivity index (χ1v) is 6.32. The molecule has 0 bridgehead atoms. The second-order valence-corrected chi connectivity index (χ2v) is 4.90. The molecule has 1 aromatic carbocycles. The zero-order valence-corrected chi connectivity index (χ0v) is 10.8. The number of carbonyl (C=O) groups excluding carboxylic acids is 1. The Morgan fingerprint density at radius 1 is 1.44 bits per heavy atom. The predicted molar refractivity (Wildman–Crippen MR) is 69.0 cm³/mol. The number of hydrogen-bond acceptors (Lipinski definition) is 2. The first-order chi connectivity index (χ1) is 8.60. The number of carbonyl (C=O) groups is 1. The van der Waals surface area contributed by atoms with Gasteiger partial charge in [0, 0.05) is 7.05 Å². The standard InChI is InChI=1S/C14H19FN2O/c1-9-5-11(7-12(15)6-9)10-3-4-17-13(8-10)14(18)16-2/h5-7,10,13,17H,3-4,8H2,1-2H3,(H,16,18). The van der Waals surface area contributed by atoms with E-state index in [1.54, 1.807) is 13.1 Å². The summed E-state index contributed by atoms with van der Waals surface area (Å²) in [6.07, 6.45) is 1.67. The van der Waals surface area contributed by atoms with E-state index in [-0.39, 0.29) is 23.7 Å². The Morgan fingerprint density at radius 2 is 2.22 bits per heavy atom. The van der Waals surface area contributed by atoms with Crippen LogP contribution in [0.15, 0.2) is 18.2 Å². The zero-order chi connectivity index (χ0) is 13.1. The van der Waals surface area contributed by atoms with Crippen LogP contribution in [0.4, 0.5) is 4.39 Å². The third-order valence-corrected chi connectivity index (χ3v) is 3.50. The fourth-order valence-corrected chi connectivity index (χ4v) is 2.59. The average Bonchev–Trinajstić information content (AvgIpc) is 2.37. The number of piperidine rings is 1. The highest BCUT2D eigenvalue weighted by atomic mass is 19.1. The van der Waals surface area contributed by atoms with Gasteiger partial charge in [-0.05, 0) is 55.5 Å². The minimum absolute atomic E-state index is 0.00725. The number of rotatable bonds is 2. The van der Waals surface area contributed by atoms with Crippen molar-refractivity contribution >= 4 is 5.91 Å². The van der Waals surface area contributed by atoms with Crippen LogP contribution in [0.25, 0.3) is 0 Å². The fraction of sp³-hybridized carbons (Fsp3) is 0.500. The van der Waals surface area contributed by atoms with Gasteiger partial charge in [-0.25, -0.2) is 4.39 Å². The molecule has 1 aromatic rings.